The van der Waals surface area contributed by atoms with Crippen LogP contribution in [0.3, 0.4) is 0 Å². The molecule has 0 bridgehead atoms. The standard InChI is InChI=1S/C12H17BrN2/c1-15-7-6-12(14,9-15)8-10-2-4-11(13)5-3-10/h2-5H,6-9,14H2,1H3. The average molecular weight is 269 g/mol. The SMILES string of the molecule is CN1CCC(N)(Cc2ccc(Br)cc2)C1. The van der Waals surface area contributed by atoms with Crippen LogP contribution in [0.5, 0.6) is 0 Å². The van der Waals surface area contributed by atoms with Gasteiger partial charge in [-0.1, -0.05) is 28.1 Å². The molecule has 0 aliphatic carbocycles. The molecule has 82 valence electrons. The van der Waals surface area contributed by atoms with E-state index in [9.17, 15) is 0 Å². The van der Waals surface area contributed by atoms with Gasteiger partial charge in [-0.3, -0.25) is 0 Å². The van der Waals surface area contributed by atoms with E-state index in [0.29, 0.717) is 0 Å². The third-order valence-corrected chi connectivity index (χ3v) is 3.57. The lowest BCUT2D eigenvalue weighted by Crippen LogP contribution is -2.44. The molecule has 1 aliphatic heterocycles. The summed E-state index contributed by atoms with van der Waals surface area (Å²) >= 11 is 3.44. The molecular weight excluding hydrogens is 252 g/mol. The quantitative estimate of drug-likeness (QED) is 0.890. The van der Waals surface area contributed by atoms with Crippen molar-refractivity contribution in [3.63, 3.8) is 0 Å². The molecule has 1 fully saturated rings. The highest BCUT2D eigenvalue weighted by Crippen LogP contribution is 2.22. The smallest absolute Gasteiger partial charge is 0.0336 e. The van der Waals surface area contributed by atoms with E-state index in [2.05, 4.69) is 52.1 Å². The van der Waals surface area contributed by atoms with Gasteiger partial charge in [0.25, 0.3) is 0 Å². The third kappa shape index (κ3) is 2.80. The first-order chi connectivity index (χ1) is 7.07. The van der Waals surface area contributed by atoms with Gasteiger partial charge in [-0.25, -0.2) is 0 Å². The zero-order valence-corrected chi connectivity index (χ0v) is 10.6. The second-order valence-electron chi connectivity index (χ2n) is 4.65. The Morgan fingerprint density at radius 1 is 1.40 bits per heavy atom. The first-order valence-electron chi connectivity index (χ1n) is 5.29. The minimum atomic E-state index is -0.0252. The summed E-state index contributed by atoms with van der Waals surface area (Å²) in [5, 5.41) is 0. The normalized spacial score (nSPS) is 27.1. The minimum absolute atomic E-state index is 0.0252. The van der Waals surface area contributed by atoms with E-state index < -0.39 is 0 Å². The summed E-state index contributed by atoms with van der Waals surface area (Å²) < 4.78 is 1.13. The number of likely N-dealkylation sites (N-methyl/N-ethyl adjacent to an activating group) is 1. The van der Waals surface area contributed by atoms with Crippen LogP contribution in [0.2, 0.25) is 0 Å². The summed E-state index contributed by atoms with van der Waals surface area (Å²) in [6, 6.07) is 8.46. The van der Waals surface area contributed by atoms with Gasteiger partial charge < -0.3 is 10.6 Å². The van der Waals surface area contributed by atoms with Crippen molar-refractivity contribution in [3.05, 3.63) is 34.3 Å². The van der Waals surface area contributed by atoms with Crippen LogP contribution in [0, 0.1) is 0 Å². The van der Waals surface area contributed by atoms with Crippen molar-refractivity contribution < 1.29 is 0 Å². The highest BCUT2D eigenvalue weighted by molar-refractivity contribution is 9.10. The molecule has 2 N–H and O–H groups in total. The van der Waals surface area contributed by atoms with E-state index in [-0.39, 0.29) is 5.54 Å². The molecule has 1 aromatic rings. The number of benzene rings is 1. The van der Waals surface area contributed by atoms with Gasteiger partial charge in [0.2, 0.25) is 0 Å². The highest BCUT2D eigenvalue weighted by Gasteiger charge is 2.32. The van der Waals surface area contributed by atoms with Crippen LogP contribution in [0.4, 0.5) is 0 Å². The summed E-state index contributed by atoms with van der Waals surface area (Å²) in [6.45, 7) is 2.12. The summed E-state index contributed by atoms with van der Waals surface area (Å²) in [7, 11) is 2.14. The van der Waals surface area contributed by atoms with Crippen molar-refractivity contribution in [3.8, 4) is 0 Å². The molecule has 1 heterocycles. The Kier molecular flexibility index (Phi) is 3.14. The van der Waals surface area contributed by atoms with Crippen molar-refractivity contribution in [1.29, 1.82) is 0 Å². The average Bonchev–Trinajstić information content (AvgIpc) is 2.50. The van der Waals surface area contributed by atoms with Crippen molar-refractivity contribution in [2.24, 2.45) is 5.73 Å². The van der Waals surface area contributed by atoms with Crippen LogP contribution in [0.25, 0.3) is 0 Å². The Morgan fingerprint density at radius 3 is 2.60 bits per heavy atom. The van der Waals surface area contributed by atoms with Crippen LogP contribution < -0.4 is 5.73 Å². The van der Waals surface area contributed by atoms with Crippen LogP contribution in [0.15, 0.2) is 28.7 Å². The van der Waals surface area contributed by atoms with Gasteiger partial charge in [0.05, 0.1) is 0 Å². The van der Waals surface area contributed by atoms with Gasteiger partial charge in [0.15, 0.2) is 0 Å². The van der Waals surface area contributed by atoms with Crippen LogP contribution >= 0.6 is 15.9 Å². The molecule has 0 radical (unpaired) electrons. The van der Waals surface area contributed by atoms with Gasteiger partial charge in [-0.2, -0.15) is 0 Å². The van der Waals surface area contributed by atoms with E-state index in [1.165, 1.54) is 5.56 Å². The lowest BCUT2D eigenvalue weighted by atomic mass is 9.91. The molecule has 1 saturated heterocycles. The van der Waals surface area contributed by atoms with E-state index in [1.54, 1.807) is 0 Å². The van der Waals surface area contributed by atoms with Gasteiger partial charge in [-0.05, 0) is 44.1 Å². The molecule has 0 amide bonds. The zero-order valence-electron chi connectivity index (χ0n) is 9.04. The highest BCUT2D eigenvalue weighted by atomic mass is 79.9. The zero-order chi connectivity index (χ0) is 10.9. The second-order valence-corrected chi connectivity index (χ2v) is 5.57. The maximum atomic E-state index is 6.37. The van der Waals surface area contributed by atoms with Crippen molar-refractivity contribution in [1.82, 2.24) is 4.90 Å². The fraction of sp³-hybridized carbons (Fsp3) is 0.500. The summed E-state index contributed by atoms with van der Waals surface area (Å²) in [5.41, 5.74) is 7.67. The van der Waals surface area contributed by atoms with Crippen LogP contribution in [-0.2, 0) is 6.42 Å². The Balaban J connectivity index is 2.05. The number of hydrogen-bond acceptors (Lipinski definition) is 2. The van der Waals surface area contributed by atoms with E-state index >= 15 is 0 Å². The molecule has 1 aromatic carbocycles. The Labute approximate surface area is 99.6 Å². The van der Waals surface area contributed by atoms with Crippen molar-refractivity contribution in [2.45, 2.75) is 18.4 Å². The first kappa shape index (κ1) is 11.1. The lowest BCUT2D eigenvalue weighted by molar-refractivity contribution is 0.366. The van der Waals surface area contributed by atoms with Gasteiger partial charge in [0.1, 0.15) is 0 Å². The van der Waals surface area contributed by atoms with Crippen LogP contribution in [-0.4, -0.2) is 30.6 Å². The molecule has 1 aliphatic rings. The van der Waals surface area contributed by atoms with Crippen LogP contribution in [0.1, 0.15) is 12.0 Å². The van der Waals surface area contributed by atoms with E-state index in [4.69, 9.17) is 5.73 Å². The molecule has 0 spiro atoms. The fourth-order valence-corrected chi connectivity index (χ4v) is 2.53. The molecule has 0 aromatic heterocycles. The fourth-order valence-electron chi connectivity index (χ4n) is 2.26. The van der Waals surface area contributed by atoms with Crippen molar-refractivity contribution in [2.75, 3.05) is 20.1 Å². The molecule has 1 atom stereocenters. The third-order valence-electron chi connectivity index (χ3n) is 3.05. The molecular formula is C12H17BrN2. The number of halogens is 1. The van der Waals surface area contributed by atoms with Gasteiger partial charge in [0, 0.05) is 16.6 Å². The maximum Gasteiger partial charge on any atom is 0.0336 e. The van der Waals surface area contributed by atoms with Crippen molar-refractivity contribution >= 4 is 15.9 Å². The number of likely N-dealkylation sites (tertiary alicyclic amines) is 1. The van der Waals surface area contributed by atoms with E-state index in [0.717, 1.165) is 30.4 Å². The second kappa shape index (κ2) is 4.24. The monoisotopic (exact) mass is 268 g/mol. The first-order valence-corrected chi connectivity index (χ1v) is 6.09. The Morgan fingerprint density at radius 2 is 2.07 bits per heavy atom. The van der Waals surface area contributed by atoms with E-state index in [1.807, 2.05) is 0 Å². The topological polar surface area (TPSA) is 29.3 Å². The molecule has 1 unspecified atom stereocenters. The summed E-state index contributed by atoms with van der Waals surface area (Å²) in [6.07, 6.45) is 2.07. The number of hydrogen-bond donors (Lipinski definition) is 1. The predicted molar refractivity (Wildman–Crippen MR) is 66.9 cm³/mol. The summed E-state index contributed by atoms with van der Waals surface area (Å²) in [4.78, 5) is 2.30. The number of rotatable bonds is 2. The largest absolute Gasteiger partial charge is 0.324 e. The molecule has 0 saturated carbocycles. The minimum Gasteiger partial charge on any atom is -0.324 e. The molecule has 3 heteroatoms. The maximum absolute atomic E-state index is 6.37. The summed E-state index contributed by atoms with van der Waals surface area (Å²) in [5.74, 6) is 0. The van der Waals surface area contributed by atoms with Gasteiger partial charge in [-0.15, -0.1) is 0 Å². The molecule has 2 nitrogen and oxygen atoms in total. The lowest BCUT2D eigenvalue weighted by Gasteiger charge is -2.23. The Hall–Kier alpha value is -0.380. The molecule has 2 rings (SSSR count). The molecule has 15 heavy (non-hydrogen) atoms. The number of nitrogens with zero attached hydrogens (tertiary/aromatic N) is 1. The number of nitrogens with two attached hydrogens (primary N) is 1. The van der Waals surface area contributed by atoms with Gasteiger partial charge >= 0.3 is 0 Å². The Bertz CT molecular complexity index is 336. The predicted octanol–water partition coefficient (Wildman–Crippen LogP) is 2.02.